The van der Waals surface area contributed by atoms with E-state index in [0.29, 0.717) is 28.2 Å². The molecule has 4 aromatic rings. The second-order valence-corrected chi connectivity index (χ2v) is 7.31. The average Bonchev–Trinajstić information content (AvgIpc) is 3.22. The van der Waals surface area contributed by atoms with E-state index in [-0.39, 0.29) is 18.0 Å². The second-order valence-electron chi connectivity index (χ2n) is 7.31. The van der Waals surface area contributed by atoms with Crippen molar-refractivity contribution in [3.63, 3.8) is 0 Å². The third-order valence-corrected chi connectivity index (χ3v) is 5.34. The molecule has 0 aliphatic rings. The summed E-state index contributed by atoms with van der Waals surface area (Å²) in [5.41, 5.74) is 3.66. The van der Waals surface area contributed by atoms with Crippen molar-refractivity contribution in [3.05, 3.63) is 70.4 Å². The van der Waals surface area contributed by atoms with Crippen molar-refractivity contribution in [2.45, 2.75) is 20.4 Å². The molecule has 2 heterocycles. The molecule has 164 valence electrons. The molecule has 0 aliphatic carbocycles. The number of amides is 1. The molecule has 9 nitrogen and oxygen atoms in total. The minimum absolute atomic E-state index is 0.190. The van der Waals surface area contributed by atoms with Crippen LogP contribution in [0, 0.1) is 13.8 Å². The molecule has 0 bridgehead atoms. The van der Waals surface area contributed by atoms with Crippen molar-refractivity contribution in [2.24, 2.45) is 0 Å². The van der Waals surface area contributed by atoms with Gasteiger partial charge in [-0.2, -0.15) is 5.10 Å². The Morgan fingerprint density at radius 3 is 2.62 bits per heavy atom. The number of benzene rings is 2. The van der Waals surface area contributed by atoms with Crippen molar-refractivity contribution < 1.29 is 14.3 Å². The van der Waals surface area contributed by atoms with Crippen molar-refractivity contribution >= 4 is 22.6 Å². The molecular formula is C23H23N5O4. The first kappa shape index (κ1) is 21.1. The zero-order chi connectivity index (χ0) is 22.8. The van der Waals surface area contributed by atoms with Gasteiger partial charge in [0.15, 0.2) is 17.1 Å². The predicted molar refractivity (Wildman–Crippen MR) is 121 cm³/mol. The van der Waals surface area contributed by atoms with Gasteiger partial charge in [-0.1, -0.05) is 12.1 Å². The second kappa shape index (κ2) is 8.54. The maximum atomic E-state index is 12.9. The Morgan fingerprint density at radius 1 is 1.09 bits per heavy atom. The number of hydrogen-bond acceptors (Lipinski definition) is 6. The number of carbonyl (C=O) groups excluding carboxylic acids is 1. The molecule has 0 unspecified atom stereocenters. The van der Waals surface area contributed by atoms with E-state index in [1.165, 1.54) is 31.3 Å². The summed E-state index contributed by atoms with van der Waals surface area (Å²) < 4.78 is 13.3. The summed E-state index contributed by atoms with van der Waals surface area (Å²) in [6.07, 6.45) is 2.84. The zero-order valence-corrected chi connectivity index (χ0v) is 18.2. The average molecular weight is 433 g/mol. The first-order chi connectivity index (χ1) is 15.4. The molecule has 0 radical (unpaired) electrons. The highest BCUT2D eigenvalue weighted by atomic mass is 16.5. The Kier molecular flexibility index (Phi) is 5.63. The number of fused-ring (bicyclic) bond motifs is 1. The van der Waals surface area contributed by atoms with Gasteiger partial charge in [0.1, 0.15) is 18.3 Å². The van der Waals surface area contributed by atoms with Crippen molar-refractivity contribution in [1.29, 1.82) is 0 Å². The fraction of sp³-hybridized carbons (Fsp3) is 0.217. The van der Waals surface area contributed by atoms with E-state index in [0.717, 1.165) is 16.8 Å². The fourth-order valence-corrected chi connectivity index (χ4v) is 3.47. The summed E-state index contributed by atoms with van der Waals surface area (Å²) in [5, 5.41) is 7.46. The Hall–Kier alpha value is -4.14. The highest BCUT2D eigenvalue weighted by Crippen LogP contribution is 2.29. The van der Waals surface area contributed by atoms with E-state index in [1.807, 2.05) is 32.0 Å². The lowest BCUT2D eigenvalue weighted by molar-refractivity contribution is -0.116. The quantitative estimate of drug-likeness (QED) is 0.502. The summed E-state index contributed by atoms with van der Waals surface area (Å²) in [6.45, 7) is 3.82. The van der Waals surface area contributed by atoms with Crippen molar-refractivity contribution in [1.82, 2.24) is 19.3 Å². The fourth-order valence-electron chi connectivity index (χ4n) is 3.47. The Labute approximate surface area is 184 Å². The van der Waals surface area contributed by atoms with Gasteiger partial charge in [0.05, 0.1) is 26.1 Å². The van der Waals surface area contributed by atoms with Gasteiger partial charge in [-0.15, -0.1) is 0 Å². The standard InChI is InChI=1S/C23H23N5O4/c1-14-6-5-7-18(15(14)2)28-22-17(11-25-28)23(30)27(13-24-22)12-21(29)26-16-8-9-19(31-3)20(10-16)32-4/h5-11,13H,12H2,1-4H3,(H,26,29). The lowest BCUT2D eigenvalue weighted by Crippen LogP contribution is -2.27. The third kappa shape index (κ3) is 3.80. The number of hydrogen-bond donors (Lipinski definition) is 1. The lowest BCUT2D eigenvalue weighted by Gasteiger charge is -2.11. The normalized spacial score (nSPS) is 10.9. The number of nitrogens with one attached hydrogen (secondary N) is 1. The summed E-state index contributed by atoms with van der Waals surface area (Å²) >= 11 is 0. The number of nitrogens with zero attached hydrogens (tertiary/aromatic N) is 4. The monoisotopic (exact) mass is 433 g/mol. The van der Waals surface area contributed by atoms with Gasteiger partial charge in [-0.3, -0.25) is 14.2 Å². The van der Waals surface area contributed by atoms with E-state index in [1.54, 1.807) is 22.9 Å². The zero-order valence-electron chi connectivity index (χ0n) is 18.2. The number of methoxy groups -OCH3 is 2. The highest BCUT2D eigenvalue weighted by molar-refractivity contribution is 5.91. The lowest BCUT2D eigenvalue weighted by atomic mass is 10.1. The smallest absolute Gasteiger partial charge is 0.264 e. The number of aromatic nitrogens is 4. The molecule has 2 aromatic carbocycles. The van der Waals surface area contributed by atoms with Crippen LogP contribution in [0.15, 0.2) is 53.7 Å². The molecule has 1 amide bonds. The number of aryl methyl sites for hydroxylation is 1. The van der Waals surface area contributed by atoms with Gasteiger partial charge in [0, 0.05) is 11.8 Å². The van der Waals surface area contributed by atoms with E-state index in [2.05, 4.69) is 15.4 Å². The van der Waals surface area contributed by atoms with Gasteiger partial charge >= 0.3 is 0 Å². The molecule has 4 rings (SSSR count). The van der Waals surface area contributed by atoms with Gasteiger partial charge in [-0.25, -0.2) is 9.67 Å². The molecule has 0 aliphatic heterocycles. The number of carbonyl (C=O) groups is 1. The maximum Gasteiger partial charge on any atom is 0.264 e. The Morgan fingerprint density at radius 2 is 1.88 bits per heavy atom. The molecular weight excluding hydrogens is 410 g/mol. The van der Waals surface area contributed by atoms with Crippen LogP contribution in [-0.4, -0.2) is 39.5 Å². The van der Waals surface area contributed by atoms with E-state index >= 15 is 0 Å². The van der Waals surface area contributed by atoms with E-state index in [9.17, 15) is 9.59 Å². The van der Waals surface area contributed by atoms with Crippen molar-refractivity contribution in [2.75, 3.05) is 19.5 Å². The van der Waals surface area contributed by atoms with Crippen LogP contribution in [0.2, 0.25) is 0 Å². The minimum Gasteiger partial charge on any atom is -0.493 e. The topological polar surface area (TPSA) is 100 Å². The third-order valence-electron chi connectivity index (χ3n) is 5.34. The first-order valence-electron chi connectivity index (χ1n) is 9.94. The SMILES string of the molecule is COc1ccc(NC(=O)Cn2cnc3c(cnn3-c3cccc(C)c3C)c2=O)cc1OC. The van der Waals surface area contributed by atoms with Gasteiger partial charge in [0.2, 0.25) is 5.91 Å². The van der Waals surface area contributed by atoms with Gasteiger partial charge in [0.25, 0.3) is 5.56 Å². The molecule has 1 N–H and O–H groups in total. The summed E-state index contributed by atoms with van der Waals surface area (Å²) in [6, 6.07) is 10.9. The molecule has 0 fully saturated rings. The van der Waals surface area contributed by atoms with Crippen molar-refractivity contribution in [3.8, 4) is 17.2 Å². The van der Waals surface area contributed by atoms with Crippen LogP contribution in [0.4, 0.5) is 5.69 Å². The molecule has 32 heavy (non-hydrogen) atoms. The molecule has 9 heteroatoms. The molecule has 0 spiro atoms. The summed E-state index contributed by atoms with van der Waals surface area (Å²) in [7, 11) is 3.05. The highest BCUT2D eigenvalue weighted by Gasteiger charge is 2.15. The molecule has 0 saturated carbocycles. The number of anilines is 1. The van der Waals surface area contributed by atoms with Crippen LogP contribution in [-0.2, 0) is 11.3 Å². The molecule has 2 aromatic heterocycles. The van der Waals surface area contributed by atoms with Crippen LogP contribution in [0.25, 0.3) is 16.7 Å². The number of rotatable bonds is 6. The Balaban J connectivity index is 1.59. The van der Waals surface area contributed by atoms with Crippen LogP contribution < -0.4 is 20.3 Å². The molecule has 0 saturated heterocycles. The van der Waals surface area contributed by atoms with E-state index in [4.69, 9.17) is 9.47 Å². The predicted octanol–water partition coefficient (Wildman–Crippen LogP) is 2.85. The molecule has 0 atom stereocenters. The Bertz CT molecular complexity index is 1370. The summed E-state index contributed by atoms with van der Waals surface area (Å²) in [5.74, 6) is 0.670. The summed E-state index contributed by atoms with van der Waals surface area (Å²) in [4.78, 5) is 29.9. The van der Waals surface area contributed by atoms with E-state index < -0.39 is 0 Å². The van der Waals surface area contributed by atoms with Crippen LogP contribution >= 0.6 is 0 Å². The minimum atomic E-state index is -0.373. The van der Waals surface area contributed by atoms with Crippen LogP contribution in [0.1, 0.15) is 11.1 Å². The van der Waals surface area contributed by atoms with Gasteiger partial charge in [-0.05, 0) is 43.2 Å². The largest absolute Gasteiger partial charge is 0.493 e. The van der Waals surface area contributed by atoms with Gasteiger partial charge < -0.3 is 14.8 Å². The first-order valence-corrected chi connectivity index (χ1v) is 9.94. The number of ether oxygens (including phenoxy) is 2. The van der Waals surface area contributed by atoms with Crippen LogP contribution in [0.5, 0.6) is 11.5 Å². The maximum absolute atomic E-state index is 12.9. The van der Waals surface area contributed by atoms with Crippen LogP contribution in [0.3, 0.4) is 0 Å².